The van der Waals surface area contributed by atoms with Crippen LogP contribution < -0.4 is 5.32 Å². The second-order valence-corrected chi connectivity index (χ2v) is 8.16. The number of likely N-dealkylation sites (N-methyl/N-ethyl adjacent to an activating group) is 1. The van der Waals surface area contributed by atoms with E-state index >= 15 is 0 Å². The molecule has 168 valence electrons. The molecular formula is C25H33FN2O3. The van der Waals surface area contributed by atoms with E-state index in [0.717, 1.165) is 25.9 Å². The van der Waals surface area contributed by atoms with Crippen LogP contribution in [0.15, 0.2) is 48.5 Å². The van der Waals surface area contributed by atoms with Crippen LogP contribution in [0.2, 0.25) is 0 Å². The number of rotatable bonds is 6. The SMILES string of the molecule is CNC(C(=O)N1CCC(c2ccc(O)cc2)CC1)C(C)C.O=CCc1ccccc1F. The summed E-state index contributed by atoms with van der Waals surface area (Å²) in [6.45, 7) is 5.77. The summed E-state index contributed by atoms with van der Waals surface area (Å²) in [5.41, 5.74) is 1.71. The number of carbonyl (C=O) groups excluding carboxylic acids is 2. The smallest absolute Gasteiger partial charge is 0.239 e. The maximum atomic E-state index is 12.6. The molecule has 6 heteroatoms. The molecule has 1 aliphatic rings. The van der Waals surface area contributed by atoms with Gasteiger partial charge in [-0.25, -0.2) is 4.39 Å². The fraction of sp³-hybridized carbons (Fsp3) is 0.440. The number of hydrogen-bond acceptors (Lipinski definition) is 4. The molecule has 3 rings (SSSR count). The van der Waals surface area contributed by atoms with Crippen molar-refractivity contribution in [3.63, 3.8) is 0 Å². The summed E-state index contributed by atoms with van der Waals surface area (Å²) in [5, 5.41) is 12.5. The van der Waals surface area contributed by atoms with Gasteiger partial charge < -0.3 is 20.1 Å². The number of amides is 1. The molecule has 1 heterocycles. The Morgan fingerprint density at radius 1 is 1.16 bits per heavy atom. The molecule has 2 aromatic carbocycles. The standard InChI is InChI=1S/C17H26N2O2.C8H7FO/c1-12(2)16(18-3)17(21)19-10-8-14(9-11-19)13-4-6-15(20)7-5-13;9-8-4-2-1-3-7(8)5-6-10/h4-7,12,14,16,18,20H,8-11H2,1-3H3;1-4,6H,5H2. The van der Waals surface area contributed by atoms with Gasteiger partial charge in [-0.05, 0) is 61.1 Å². The lowest BCUT2D eigenvalue weighted by Gasteiger charge is -2.35. The Morgan fingerprint density at radius 2 is 1.77 bits per heavy atom. The first-order chi connectivity index (χ1) is 14.9. The summed E-state index contributed by atoms with van der Waals surface area (Å²) in [4.78, 5) is 24.4. The van der Waals surface area contributed by atoms with Crippen LogP contribution in [0, 0.1) is 11.7 Å². The highest BCUT2D eigenvalue weighted by atomic mass is 19.1. The molecule has 1 fully saturated rings. The molecule has 2 N–H and O–H groups in total. The number of aromatic hydroxyl groups is 1. The number of aldehydes is 1. The van der Waals surface area contributed by atoms with Crippen molar-refractivity contribution in [2.75, 3.05) is 20.1 Å². The summed E-state index contributed by atoms with van der Waals surface area (Å²) in [6.07, 6.45) is 2.83. The van der Waals surface area contributed by atoms with Crippen molar-refractivity contribution in [3.8, 4) is 5.75 Å². The normalized spacial score (nSPS) is 15.2. The zero-order valence-electron chi connectivity index (χ0n) is 18.6. The van der Waals surface area contributed by atoms with E-state index in [9.17, 15) is 19.1 Å². The third-order valence-electron chi connectivity index (χ3n) is 5.68. The molecule has 31 heavy (non-hydrogen) atoms. The lowest BCUT2D eigenvalue weighted by Crippen LogP contribution is -2.50. The molecule has 0 spiro atoms. The maximum Gasteiger partial charge on any atom is 0.239 e. The monoisotopic (exact) mass is 428 g/mol. The van der Waals surface area contributed by atoms with Gasteiger partial charge in [0.2, 0.25) is 5.91 Å². The summed E-state index contributed by atoms with van der Waals surface area (Å²) in [6, 6.07) is 13.6. The molecule has 2 aromatic rings. The fourth-order valence-electron chi connectivity index (χ4n) is 3.87. The van der Waals surface area contributed by atoms with Crippen LogP contribution in [-0.2, 0) is 16.0 Å². The van der Waals surface area contributed by atoms with E-state index in [-0.39, 0.29) is 24.2 Å². The van der Waals surface area contributed by atoms with Gasteiger partial charge in [-0.1, -0.05) is 44.2 Å². The highest BCUT2D eigenvalue weighted by molar-refractivity contribution is 5.82. The lowest BCUT2D eigenvalue weighted by atomic mass is 9.89. The van der Waals surface area contributed by atoms with E-state index in [4.69, 9.17) is 0 Å². The van der Waals surface area contributed by atoms with Crippen molar-refractivity contribution in [2.24, 2.45) is 5.92 Å². The second-order valence-electron chi connectivity index (χ2n) is 8.16. The number of phenolic OH excluding ortho intramolecular Hbond substituents is 1. The molecule has 0 aliphatic carbocycles. The Bertz CT molecular complexity index is 831. The number of hydrogen-bond donors (Lipinski definition) is 2. The van der Waals surface area contributed by atoms with Gasteiger partial charge in [0.15, 0.2) is 0 Å². The summed E-state index contributed by atoms with van der Waals surface area (Å²) in [5.74, 6) is 1.01. The predicted molar refractivity (Wildman–Crippen MR) is 121 cm³/mol. The van der Waals surface area contributed by atoms with E-state index in [0.29, 0.717) is 29.4 Å². The zero-order valence-corrected chi connectivity index (χ0v) is 18.6. The topological polar surface area (TPSA) is 69.6 Å². The highest BCUT2D eigenvalue weighted by Gasteiger charge is 2.29. The Morgan fingerprint density at radius 3 is 2.29 bits per heavy atom. The van der Waals surface area contributed by atoms with Crippen LogP contribution in [0.3, 0.4) is 0 Å². The van der Waals surface area contributed by atoms with Gasteiger partial charge in [0.25, 0.3) is 0 Å². The summed E-state index contributed by atoms with van der Waals surface area (Å²) in [7, 11) is 1.85. The third kappa shape index (κ3) is 7.17. The minimum absolute atomic E-state index is 0.0878. The first kappa shape index (κ1) is 24.5. The van der Waals surface area contributed by atoms with Crippen LogP contribution in [0.4, 0.5) is 4.39 Å². The Kier molecular flexibility index (Phi) is 9.66. The number of nitrogens with zero attached hydrogens (tertiary/aromatic N) is 1. The maximum absolute atomic E-state index is 12.6. The second kappa shape index (κ2) is 12.2. The van der Waals surface area contributed by atoms with Crippen LogP contribution >= 0.6 is 0 Å². The van der Waals surface area contributed by atoms with Crippen LogP contribution in [0.25, 0.3) is 0 Å². The molecule has 5 nitrogen and oxygen atoms in total. The average molecular weight is 429 g/mol. The van der Waals surface area contributed by atoms with E-state index in [1.54, 1.807) is 30.3 Å². The van der Waals surface area contributed by atoms with Crippen molar-refractivity contribution in [1.29, 1.82) is 0 Å². The average Bonchev–Trinajstić information content (AvgIpc) is 2.77. The highest BCUT2D eigenvalue weighted by Crippen LogP contribution is 2.29. The van der Waals surface area contributed by atoms with Crippen molar-refractivity contribution in [2.45, 2.75) is 45.1 Å². The molecule has 1 saturated heterocycles. The first-order valence-electron chi connectivity index (χ1n) is 10.8. The predicted octanol–water partition coefficient (Wildman–Crippen LogP) is 3.91. The number of piperidine rings is 1. The number of halogens is 1. The molecule has 1 aliphatic heterocycles. The molecule has 1 atom stereocenters. The largest absolute Gasteiger partial charge is 0.508 e. The zero-order chi connectivity index (χ0) is 22.8. The fourth-order valence-corrected chi connectivity index (χ4v) is 3.87. The first-order valence-corrected chi connectivity index (χ1v) is 10.8. The minimum atomic E-state index is -0.311. The van der Waals surface area contributed by atoms with Gasteiger partial charge in [-0.15, -0.1) is 0 Å². The summed E-state index contributed by atoms with van der Waals surface area (Å²) >= 11 is 0. The number of benzene rings is 2. The lowest BCUT2D eigenvalue weighted by molar-refractivity contribution is -0.135. The Balaban J connectivity index is 0.000000285. The third-order valence-corrected chi connectivity index (χ3v) is 5.68. The van der Waals surface area contributed by atoms with Crippen molar-refractivity contribution in [1.82, 2.24) is 10.2 Å². The molecule has 0 radical (unpaired) electrons. The van der Waals surface area contributed by atoms with Crippen LogP contribution in [0.1, 0.15) is 43.7 Å². The van der Waals surface area contributed by atoms with Gasteiger partial charge in [0.05, 0.1) is 6.04 Å². The van der Waals surface area contributed by atoms with E-state index in [1.165, 1.54) is 11.6 Å². The van der Waals surface area contributed by atoms with E-state index in [2.05, 4.69) is 19.2 Å². The van der Waals surface area contributed by atoms with Gasteiger partial charge >= 0.3 is 0 Å². The Hall–Kier alpha value is -2.73. The van der Waals surface area contributed by atoms with Crippen molar-refractivity contribution in [3.05, 3.63) is 65.5 Å². The molecule has 0 saturated carbocycles. The van der Waals surface area contributed by atoms with Gasteiger partial charge in [0, 0.05) is 19.5 Å². The van der Waals surface area contributed by atoms with Gasteiger partial charge in [-0.3, -0.25) is 4.79 Å². The number of likely N-dealkylation sites (tertiary alicyclic amines) is 1. The van der Waals surface area contributed by atoms with E-state index < -0.39 is 0 Å². The number of phenols is 1. The Labute approximate surface area is 184 Å². The minimum Gasteiger partial charge on any atom is -0.508 e. The number of carbonyl (C=O) groups is 2. The van der Waals surface area contributed by atoms with Crippen molar-refractivity contribution < 1.29 is 19.1 Å². The van der Waals surface area contributed by atoms with Crippen molar-refractivity contribution >= 4 is 12.2 Å². The van der Waals surface area contributed by atoms with E-state index in [1.807, 2.05) is 24.1 Å². The molecule has 1 amide bonds. The molecular weight excluding hydrogens is 395 g/mol. The quantitative estimate of drug-likeness (QED) is 0.685. The van der Waals surface area contributed by atoms with Crippen LogP contribution in [0.5, 0.6) is 5.75 Å². The van der Waals surface area contributed by atoms with Gasteiger partial charge in [0.1, 0.15) is 17.9 Å². The van der Waals surface area contributed by atoms with Gasteiger partial charge in [-0.2, -0.15) is 0 Å². The summed E-state index contributed by atoms with van der Waals surface area (Å²) < 4.78 is 12.6. The van der Waals surface area contributed by atoms with Crippen LogP contribution in [-0.4, -0.2) is 48.4 Å². The molecule has 0 bridgehead atoms. The molecule has 1 unspecified atom stereocenters. The molecule has 0 aromatic heterocycles. The number of nitrogens with one attached hydrogen (secondary N) is 1.